The third-order valence-electron chi connectivity index (χ3n) is 1.81. The molecule has 0 radical (unpaired) electrons. The number of aromatic amines is 1. The largest absolute Gasteiger partial charge is 0.322 e. The first kappa shape index (κ1) is 9.74. The van der Waals surface area contributed by atoms with E-state index in [0.717, 1.165) is 5.22 Å². The smallest absolute Gasteiger partial charge is 0.248 e. The fourth-order valence-corrected chi connectivity index (χ4v) is 1.23. The van der Waals surface area contributed by atoms with Crippen LogP contribution >= 0.6 is 12.4 Å². The first-order valence-corrected chi connectivity index (χ1v) is 3.70. The zero-order valence-corrected chi connectivity index (χ0v) is 7.56. The van der Waals surface area contributed by atoms with Crippen LogP contribution in [0.5, 0.6) is 0 Å². The Balaban J connectivity index is 0.000000845. The third kappa shape index (κ3) is 1.87. The van der Waals surface area contributed by atoms with Crippen LogP contribution < -0.4 is 16.1 Å². The van der Waals surface area contributed by atoms with E-state index >= 15 is 0 Å². The number of carbonyl (C=O) groups excluding carboxylic acids is 1. The molecule has 0 fully saturated rings. The van der Waals surface area contributed by atoms with Gasteiger partial charge in [-0.1, -0.05) is 6.08 Å². The molecule has 1 heterocycles. The lowest BCUT2D eigenvalue weighted by Crippen LogP contribution is -2.36. The zero-order valence-electron chi connectivity index (χ0n) is 6.74. The van der Waals surface area contributed by atoms with Crippen LogP contribution in [0.3, 0.4) is 0 Å². The second-order valence-electron chi connectivity index (χ2n) is 2.71. The van der Waals surface area contributed by atoms with E-state index in [2.05, 4.69) is 4.98 Å². The third-order valence-corrected chi connectivity index (χ3v) is 1.81. The molecule has 0 amide bonds. The number of aromatic nitrogens is 1. The quantitative estimate of drug-likeness (QED) is 0.600. The van der Waals surface area contributed by atoms with Gasteiger partial charge >= 0.3 is 0 Å². The average molecular weight is 198 g/mol. The fraction of sp³-hybridized carbons (Fsp3) is 0.111. The maximum absolute atomic E-state index is 10.9. The number of nitrogens with one attached hydrogen (secondary N) is 1. The summed E-state index contributed by atoms with van der Waals surface area (Å²) >= 11 is 0. The van der Waals surface area contributed by atoms with Gasteiger partial charge in [0.15, 0.2) is 5.78 Å². The number of halogens is 1. The maximum atomic E-state index is 10.9. The zero-order chi connectivity index (χ0) is 8.55. The summed E-state index contributed by atoms with van der Waals surface area (Å²) in [5, 5.41) is 1.55. The Bertz CT molecular complexity index is 501. The van der Waals surface area contributed by atoms with E-state index in [4.69, 9.17) is 0 Å². The van der Waals surface area contributed by atoms with Crippen LogP contribution in [0.15, 0.2) is 16.9 Å². The number of pyridine rings is 1. The molecule has 1 aromatic heterocycles. The summed E-state index contributed by atoms with van der Waals surface area (Å²) in [6, 6.07) is 3.18. The average Bonchev–Trinajstić information content (AvgIpc) is 2.03. The van der Waals surface area contributed by atoms with Crippen molar-refractivity contribution in [2.24, 2.45) is 0 Å². The van der Waals surface area contributed by atoms with Crippen LogP contribution in [-0.4, -0.2) is 10.8 Å². The molecule has 1 N–H and O–H groups in total. The molecule has 2 rings (SSSR count). The van der Waals surface area contributed by atoms with Crippen LogP contribution in [0.4, 0.5) is 0 Å². The summed E-state index contributed by atoms with van der Waals surface area (Å²) in [6.45, 7) is 0. The van der Waals surface area contributed by atoms with Gasteiger partial charge in [-0.05, 0) is 11.3 Å². The summed E-state index contributed by atoms with van der Waals surface area (Å²) in [7, 11) is 0. The minimum absolute atomic E-state index is 0. The topological polar surface area (TPSA) is 49.9 Å². The Morgan fingerprint density at radius 2 is 2.00 bits per heavy atom. The SMILES string of the molecule is Cl.O=C1C=c2[nH]c(=O)ccc2=CC1. The summed E-state index contributed by atoms with van der Waals surface area (Å²) in [5.41, 5.74) is -0.173. The molecule has 4 heteroatoms. The Kier molecular flexibility index (Phi) is 2.68. The van der Waals surface area contributed by atoms with Crippen molar-refractivity contribution >= 4 is 30.3 Å². The minimum atomic E-state index is -0.173. The van der Waals surface area contributed by atoms with E-state index in [1.807, 2.05) is 6.08 Å². The van der Waals surface area contributed by atoms with Gasteiger partial charge in [0, 0.05) is 18.6 Å². The van der Waals surface area contributed by atoms with Crippen molar-refractivity contribution in [1.82, 2.24) is 4.98 Å². The molecular formula is C9H8ClNO2. The molecule has 13 heavy (non-hydrogen) atoms. The van der Waals surface area contributed by atoms with Crippen molar-refractivity contribution < 1.29 is 4.79 Å². The van der Waals surface area contributed by atoms with Crippen molar-refractivity contribution in [3.63, 3.8) is 0 Å². The highest BCUT2D eigenvalue weighted by Gasteiger charge is 2.00. The van der Waals surface area contributed by atoms with Gasteiger partial charge in [0.05, 0.1) is 5.35 Å². The highest BCUT2D eigenvalue weighted by Crippen LogP contribution is 1.87. The molecular weight excluding hydrogens is 190 g/mol. The van der Waals surface area contributed by atoms with Gasteiger partial charge in [-0.25, -0.2) is 0 Å². The number of hydrogen-bond donors (Lipinski definition) is 1. The van der Waals surface area contributed by atoms with Crippen LogP contribution in [0.25, 0.3) is 12.2 Å². The molecule has 0 saturated heterocycles. The number of rotatable bonds is 0. The van der Waals surface area contributed by atoms with Crippen molar-refractivity contribution in [2.45, 2.75) is 6.42 Å². The Morgan fingerprint density at radius 3 is 2.77 bits per heavy atom. The summed E-state index contributed by atoms with van der Waals surface area (Å²) in [6.07, 6.45) is 3.71. The van der Waals surface area contributed by atoms with Crippen molar-refractivity contribution in [3.8, 4) is 0 Å². The van der Waals surface area contributed by atoms with Gasteiger partial charge in [-0.3, -0.25) is 9.59 Å². The Morgan fingerprint density at radius 1 is 1.23 bits per heavy atom. The van der Waals surface area contributed by atoms with Crippen molar-refractivity contribution in [2.75, 3.05) is 0 Å². The molecule has 0 bridgehead atoms. The molecule has 68 valence electrons. The van der Waals surface area contributed by atoms with Crippen LogP contribution in [0.2, 0.25) is 0 Å². The molecule has 0 saturated carbocycles. The second-order valence-corrected chi connectivity index (χ2v) is 2.71. The summed E-state index contributed by atoms with van der Waals surface area (Å²) in [5.74, 6) is 0.0318. The lowest BCUT2D eigenvalue weighted by atomic mass is 10.1. The van der Waals surface area contributed by atoms with Crippen LogP contribution in [-0.2, 0) is 4.79 Å². The maximum Gasteiger partial charge on any atom is 0.248 e. The molecule has 0 aliphatic heterocycles. The van der Waals surface area contributed by atoms with E-state index in [0.29, 0.717) is 11.8 Å². The predicted octanol–water partition coefficient (Wildman–Crippen LogP) is -0.670. The highest BCUT2D eigenvalue weighted by atomic mass is 35.5. The molecule has 0 atom stereocenters. The Hall–Kier alpha value is -1.35. The van der Waals surface area contributed by atoms with Gasteiger partial charge in [0.25, 0.3) is 0 Å². The highest BCUT2D eigenvalue weighted by molar-refractivity contribution is 6.08. The normalized spacial score (nSPS) is 13.4. The monoisotopic (exact) mass is 197 g/mol. The van der Waals surface area contributed by atoms with E-state index < -0.39 is 0 Å². The fourth-order valence-electron chi connectivity index (χ4n) is 1.23. The molecule has 0 aromatic carbocycles. The van der Waals surface area contributed by atoms with E-state index in [9.17, 15) is 9.59 Å². The first-order valence-electron chi connectivity index (χ1n) is 3.70. The number of fused-ring (bicyclic) bond motifs is 1. The molecule has 0 spiro atoms. The van der Waals surface area contributed by atoms with Gasteiger partial charge in [0.2, 0.25) is 5.56 Å². The van der Waals surface area contributed by atoms with Gasteiger partial charge in [-0.15, -0.1) is 12.4 Å². The standard InChI is InChI=1S/C9H7NO2.ClH/c11-7-3-1-6-2-4-9(12)10-8(6)5-7;/h1-2,4-5H,3H2,(H,10,12);1H. The van der Waals surface area contributed by atoms with Gasteiger partial charge in [0.1, 0.15) is 0 Å². The molecule has 0 unspecified atom stereocenters. The molecule has 1 aliphatic carbocycles. The van der Waals surface area contributed by atoms with Crippen molar-refractivity contribution in [3.05, 3.63) is 33.1 Å². The molecule has 1 aromatic rings. The van der Waals surface area contributed by atoms with Crippen molar-refractivity contribution in [1.29, 1.82) is 0 Å². The van der Waals surface area contributed by atoms with Crippen LogP contribution in [0.1, 0.15) is 6.42 Å². The molecule has 1 aliphatic rings. The number of Topliss-reactive ketones (excluding diaryl/α,β-unsaturated/α-hetero) is 1. The van der Waals surface area contributed by atoms with E-state index in [-0.39, 0.29) is 23.7 Å². The number of hydrogen-bond acceptors (Lipinski definition) is 2. The number of carbonyl (C=O) groups is 1. The predicted molar refractivity (Wildman–Crippen MR) is 52.1 cm³/mol. The van der Waals surface area contributed by atoms with Crippen LogP contribution in [0, 0.1) is 0 Å². The summed E-state index contributed by atoms with van der Waals surface area (Å²) in [4.78, 5) is 24.4. The van der Waals surface area contributed by atoms with Gasteiger partial charge in [-0.2, -0.15) is 0 Å². The summed E-state index contributed by atoms with van der Waals surface area (Å²) < 4.78 is 0. The minimum Gasteiger partial charge on any atom is -0.322 e. The Labute approximate surface area is 80.2 Å². The second kappa shape index (κ2) is 3.58. The molecule has 3 nitrogen and oxygen atoms in total. The number of H-pyrrole nitrogens is 1. The first-order chi connectivity index (χ1) is 5.75. The van der Waals surface area contributed by atoms with E-state index in [1.54, 1.807) is 6.07 Å². The number of ketones is 1. The lowest BCUT2D eigenvalue weighted by Gasteiger charge is -1.96. The lowest BCUT2D eigenvalue weighted by molar-refractivity contribution is -0.112. The van der Waals surface area contributed by atoms with Gasteiger partial charge < -0.3 is 4.98 Å². The van der Waals surface area contributed by atoms with E-state index in [1.165, 1.54) is 12.1 Å².